The minimum absolute atomic E-state index is 0.104. The van der Waals surface area contributed by atoms with E-state index < -0.39 is 0 Å². The quantitative estimate of drug-likeness (QED) is 0.796. The zero-order valence-electron chi connectivity index (χ0n) is 10.6. The number of hydrogen-bond donors (Lipinski definition) is 1. The molecule has 0 heterocycles. The first kappa shape index (κ1) is 12.4. The number of nitrogens with two attached hydrogens (primary N) is 1. The van der Waals surface area contributed by atoms with Gasteiger partial charge in [0.2, 0.25) is 0 Å². The molecule has 0 aromatic heterocycles. The summed E-state index contributed by atoms with van der Waals surface area (Å²) in [6.45, 7) is 5.52. The number of rotatable bonds is 5. The van der Waals surface area contributed by atoms with Crippen LogP contribution in [0, 0.1) is 5.41 Å². The van der Waals surface area contributed by atoms with Gasteiger partial charge in [-0.2, -0.15) is 0 Å². The molecule has 3 nitrogen and oxygen atoms in total. The molecule has 0 bridgehead atoms. The predicted molar refractivity (Wildman–Crippen MR) is 68.1 cm³/mol. The molecular weight excluding hydrogens is 214 g/mol. The van der Waals surface area contributed by atoms with Crippen LogP contribution in [0.2, 0.25) is 0 Å². The van der Waals surface area contributed by atoms with Crippen molar-refractivity contribution in [2.45, 2.75) is 32.4 Å². The van der Waals surface area contributed by atoms with Crippen LogP contribution in [0.5, 0.6) is 5.75 Å². The summed E-state index contributed by atoms with van der Waals surface area (Å²) in [5.74, 6) is 0.890. The SMILES string of the molecule is CC1(C)C(N)CC1OCCOc1ccccc1. The van der Waals surface area contributed by atoms with Crippen molar-refractivity contribution >= 4 is 0 Å². The third-order valence-corrected chi connectivity index (χ3v) is 3.67. The summed E-state index contributed by atoms with van der Waals surface area (Å²) in [4.78, 5) is 0. The predicted octanol–water partition coefficient (Wildman–Crippen LogP) is 2.21. The Kier molecular flexibility index (Phi) is 3.69. The lowest BCUT2D eigenvalue weighted by Crippen LogP contribution is -2.59. The summed E-state index contributed by atoms with van der Waals surface area (Å²) in [6.07, 6.45) is 1.23. The van der Waals surface area contributed by atoms with Crippen LogP contribution < -0.4 is 10.5 Å². The standard InChI is InChI=1S/C14H21NO2/c1-14(2)12(15)10-13(14)17-9-8-16-11-6-4-3-5-7-11/h3-7,12-13H,8-10,15H2,1-2H3. The Morgan fingerprint density at radius 3 is 2.53 bits per heavy atom. The molecule has 1 saturated carbocycles. The molecule has 1 aromatic rings. The Morgan fingerprint density at radius 1 is 1.24 bits per heavy atom. The molecule has 1 aliphatic carbocycles. The van der Waals surface area contributed by atoms with Crippen LogP contribution in [0.1, 0.15) is 20.3 Å². The molecule has 3 heteroatoms. The second-order valence-corrected chi connectivity index (χ2v) is 5.18. The highest BCUT2D eigenvalue weighted by molar-refractivity contribution is 5.20. The average Bonchev–Trinajstić information content (AvgIpc) is 2.34. The fourth-order valence-electron chi connectivity index (χ4n) is 2.07. The smallest absolute Gasteiger partial charge is 0.119 e. The molecule has 94 valence electrons. The Bertz CT molecular complexity index is 350. The third-order valence-electron chi connectivity index (χ3n) is 3.67. The average molecular weight is 235 g/mol. The molecule has 1 aliphatic rings. The molecule has 0 spiro atoms. The van der Waals surface area contributed by atoms with E-state index in [9.17, 15) is 0 Å². The summed E-state index contributed by atoms with van der Waals surface area (Å²) < 4.78 is 11.3. The number of benzene rings is 1. The summed E-state index contributed by atoms with van der Waals surface area (Å²) in [7, 11) is 0. The van der Waals surface area contributed by atoms with Gasteiger partial charge in [0.05, 0.1) is 12.7 Å². The number of hydrogen-bond acceptors (Lipinski definition) is 3. The van der Waals surface area contributed by atoms with Gasteiger partial charge in [0, 0.05) is 11.5 Å². The van der Waals surface area contributed by atoms with Crippen molar-refractivity contribution < 1.29 is 9.47 Å². The van der Waals surface area contributed by atoms with Gasteiger partial charge in [0.1, 0.15) is 12.4 Å². The molecule has 17 heavy (non-hydrogen) atoms. The fraction of sp³-hybridized carbons (Fsp3) is 0.571. The van der Waals surface area contributed by atoms with E-state index in [1.54, 1.807) is 0 Å². The summed E-state index contributed by atoms with van der Waals surface area (Å²) >= 11 is 0. The zero-order valence-corrected chi connectivity index (χ0v) is 10.6. The van der Waals surface area contributed by atoms with Crippen LogP contribution in [0.15, 0.2) is 30.3 Å². The van der Waals surface area contributed by atoms with Gasteiger partial charge in [-0.3, -0.25) is 0 Å². The molecule has 2 atom stereocenters. The maximum atomic E-state index is 5.93. The molecule has 2 N–H and O–H groups in total. The van der Waals surface area contributed by atoms with Crippen LogP contribution in [0.25, 0.3) is 0 Å². The molecule has 1 aromatic carbocycles. The maximum absolute atomic E-state index is 5.93. The van der Waals surface area contributed by atoms with Gasteiger partial charge >= 0.3 is 0 Å². The summed E-state index contributed by atoms with van der Waals surface area (Å²) in [5, 5.41) is 0. The van der Waals surface area contributed by atoms with Gasteiger partial charge in [0.25, 0.3) is 0 Å². The van der Waals surface area contributed by atoms with E-state index in [0.717, 1.165) is 12.2 Å². The van der Waals surface area contributed by atoms with Crippen molar-refractivity contribution in [3.05, 3.63) is 30.3 Å². The first-order valence-corrected chi connectivity index (χ1v) is 6.16. The molecule has 1 fully saturated rings. The van der Waals surface area contributed by atoms with Crippen molar-refractivity contribution in [3.63, 3.8) is 0 Å². The van der Waals surface area contributed by atoms with E-state index in [-0.39, 0.29) is 17.6 Å². The van der Waals surface area contributed by atoms with Crippen molar-refractivity contribution in [2.75, 3.05) is 13.2 Å². The van der Waals surface area contributed by atoms with E-state index >= 15 is 0 Å². The maximum Gasteiger partial charge on any atom is 0.119 e. The third kappa shape index (κ3) is 2.79. The summed E-state index contributed by atoms with van der Waals surface area (Å²) in [6, 6.07) is 10.1. The van der Waals surface area contributed by atoms with Crippen molar-refractivity contribution in [3.8, 4) is 5.75 Å². The van der Waals surface area contributed by atoms with Gasteiger partial charge in [-0.05, 0) is 18.6 Å². The van der Waals surface area contributed by atoms with Crippen molar-refractivity contribution in [1.29, 1.82) is 0 Å². The zero-order chi connectivity index (χ0) is 12.3. The minimum Gasteiger partial charge on any atom is -0.491 e. The van der Waals surface area contributed by atoms with E-state index in [4.69, 9.17) is 15.2 Å². The lowest BCUT2D eigenvalue weighted by atomic mass is 9.65. The van der Waals surface area contributed by atoms with Crippen molar-refractivity contribution in [2.24, 2.45) is 11.1 Å². The van der Waals surface area contributed by atoms with Gasteiger partial charge in [-0.25, -0.2) is 0 Å². The Labute approximate surface area is 103 Å². The molecule has 2 rings (SSSR count). The van der Waals surface area contributed by atoms with Crippen LogP contribution in [-0.2, 0) is 4.74 Å². The Morgan fingerprint density at radius 2 is 1.94 bits per heavy atom. The molecular formula is C14H21NO2. The van der Waals surface area contributed by atoms with Crippen molar-refractivity contribution in [1.82, 2.24) is 0 Å². The van der Waals surface area contributed by atoms with Crippen LogP contribution in [0.4, 0.5) is 0 Å². The lowest BCUT2D eigenvalue weighted by Gasteiger charge is -2.49. The topological polar surface area (TPSA) is 44.5 Å². The monoisotopic (exact) mass is 235 g/mol. The molecule has 0 saturated heterocycles. The largest absolute Gasteiger partial charge is 0.491 e. The molecule has 0 radical (unpaired) electrons. The molecule has 0 aliphatic heterocycles. The van der Waals surface area contributed by atoms with E-state index in [1.165, 1.54) is 0 Å². The van der Waals surface area contributed by atoms with E-state index in [1.807, 2.05) is 30.3 Å². The minimum atomic E-state index is 0.104. The first-order chi connectivity index (χ1) is 8.10. The van der Waals surface area contributed by atoms with Gasteiger partial charge in [-0.15, -0.1) is 0 Å². The summed E-state index contributed by atoms with van der Waals surface area (Å²) in [5.41, 5.74) is 6.03. The highest BCUT2D eigenvalue weighted by Crippen LogP contribution is 2.41. The van der Waals surface area contributed by atoms with Gasteiger partial charge in [-0.1, -0.05) is 32.0 Å². The second-order valence-electron chi connectivity index (χ2n) is 5.18. The highest BCUT2D eigenvalue weighted by Gasteiger charge is 2.46. The first-order valence-electron chi connectivity index (χ1n) is 6.16. The number of ether oxygens (including phenoxy) is 2. The lowest BCUT2D eigenvalue weighted by molar-refractivity contribution is -0.112. The van der Waals surface area contributed by atoms with Crippen LogP contribution in [0.3, 0.4) is 0 Å². The molecule has 0 amide bonds. The molecule has 2 unspecified atom stereocenters. The Balaban J connectivity index is 1.65. The highest BCUT2D eigenvalue weighted by atomic mass is 16.5. The number of para-hydroxylation sites is 1. The van der Waals surface area contributed by atoms with E-state index in [2.05, 4.69) is 13.8 Å². The fourth-order valence-corrected chi connectivity index (χ4v) is 2.07. The van der Waals surface area contributed by atoms with E-state index in [0.29, 0.717) is 13.2 Å². The normalized spacial score (nSPS) is 26.3. The van der Waals surface area contributed by atoms with Gasteiger partial charge < -0.3 is 15.2 Å². The van der Waals surface area contributed by atoms with Gasteiger partial charge in [0.15, 0.2) is 0 Å². The Hall–Kier alpha value is -1.06. The van der Waals surface area contributed by atoms with Crippen LogP contribution in [-0.4, -0.2) is 25.4 Å². The van der Waals surface area contributed by atoms with Crippen LogP contribution >= 0.6 is 0 Å². The second kappa shape index (κ2) is 5.07.